The fraction of sp³-hybridized carbons (Fsp3) is 0. The number of hydrogen-bond acceptors (Lipinski definition) is 6. The summed E-state index contributed by atoms with van der Waals surface area (Å²) in [5, 5.41) is 18.4. The second-order valence-corrected chi connectivity index (χ2v) is 10.3. The van der Waals surface area contributed by atoms with E-state index in [1.807, 2.05) is 72.8 Å². The molecule has 1 aliphatic rings. The van der Waals surface area contributed by atoms with Gasteiger partial charge in [0, 0.05) is 43.8 Å². The molecule has 8 aromatic rings. The van der Waals surface area contributed by atoms with Crippen molar-refractivity contribution < 1.29 is 4.92 Å². The van der Waals surface area contributed by atoms with Crippen molar-refractivity contribution in [3.8, 4) is 0 Å². The maximum absolute atomic E-state index is 12.2. The molecule has 4 aromatic carbocycles. The molecule has 0 amide bonds. The van der Waals surface area contributed by atoms with Crippen LogP contribution in [0.4, 0.5) is 29.0 Å². The highest BCUT2D eigenvalue weighted by Crippen LogP contribution is 2.39. The fourth-order valence-corrected chi connectivity index (χ4v) is 5.96. The first kappa shape index (κ1) is 23.4. The van der Waals surface area contributed by atoms with Crippen molar-refractivity contribution in [1.29, 1.82) is 0 Å². The van der Waals surface area contributed by atoms with Crippen LogP contribution in [0.25, 0.3) is 43.1 Å². The second-order valence-electron chi connectivity index (χ2n) is 10.3. The number of hydrogen-bond donors (Lipinski definition) is 4. The molecular weight excluding hydrogens is 542 g/mol. The average molecular weight is 562 g/mol. The largest absolute Gasteiger partial charge is 0.324 e. The lowest BCUT2D eigenvalue weighted by Gasteiger charge is -1.95. The first-order valence-corrected chi connectivity index (χ1v) is 13.6. The fourth-order valence-electron chi connectivity index (χ4n) is 5.96. The van der Waals surface area contributed by atoms with Gasteiger partial charge in [0.05, 0.1) is 4.92 Å². The summed E-state index contributed by atoms with van der Waals surface area (Å²) in [5.41, 5.74) is 2.24. The number of fused-ring (bicyclic) bond motifs is 20. The van der Waals surface area contributed by atoms with Gasteiger partial charge in [-0.1, -0.05) is 84.9 Å². The van der Waals surface area contributed by atoms with E-state index in [1.165, 1.54) is 6.07 Å². The summed E-state index contributed by atoms with van der Waals surface area (Å²) in [7, 11) is 0. The molecule has 0 atom stereocenters. The van der Waals surface area contributed by atoms with E-state index >= 15 is 0 Å². The van der Waals surface area contributed by atoms with Crippen LogP contribution in [-0.4, -0.2) is 24.9 Å². The summed E-state index contributed by atoms with van der Waals surface area (Å²) in [6.45, 7) is 0. The number of aromatic amines is 4. The zero-order valence-electron chi connectivity index (χ0n) is 22.2. The van der Waals surface area contributed by atoms with Crippen molar-refractivity contribution >= 4 is 72.0 Å². The molecule has 0 spiro atoms. The Morgan fingerprint density at radius 2 is 0.814 bits per heavy atom. The molecule has 4 aromatic heterocycles. The predicted molar refractivity (Wildman–Crippen MR) is 163 cm³/mol. The van der Waals surface area contributed by atoms with E-state index < -0.39 is 4.92 Å². The van der Waals surface area contributed by atoms with Crippen LogP contribution in [0.2, 0.25) is 0 Å². The van der Waals surface area contributed by atoms with Crippen molar-refractivity contribution in [2.75, 3.05) is 0 Å². The van der Waals surface area contributed by atoms with Gasteiger partial charge in [0.15, 0.2) is 0 Å². The number of rotatable bonds is 1. The van der Waals surface area contributed by atoms with Gasteiger partial charge >= 0.3 is 0 Å². The van der Waals surface area contributed by atoms with Gasteiger partial charge in [-0.05, 0) is 0 Å². The van der Waals surface area contributed by atoms with Crippen LogP contribution in [-0.2, 0) is 0 Å². The highest BCUT2D eigenvalue weighted by atomic mass is 16.6. The van der Waals surface area contributed by atoms with Crippen LogP contribution >= 0.6 is 0 Å². The van der Waals surface area contributed by atoms with Crippen molar-refractivity contribution in [1.82, 2.24) is 19.9 Å². The second kappa shape index (κ2) is 8.57. The van der Waals surface area contributed by atoms with Gasteiger partial charge in [-0.3, -0.25) is 10.1 Å². The smallest absolute Gasteiger partial charge is 0.281 e. The number of nitro benzene ring substituents is 1. The Morgan fingerprint density at radius 1 is 0.442 bits per heavy atom. The molecule has 5 heterocycles. The van der Waals surface area contributed by atoms with E-state index in [-0.39, 0.29) is 5.69 Å². The van der Waals surface area contributed by atoms with E-state index in [2.05, 4.69) is 19.9 Å². The number of nitrogens with zero attached hydrogens (tertiary/aromatic N) is 5. The normalized spacial score (nSPS) is 12.7. The summed E-state index contributed by atoms with van der Waals surface area (Å²) in [6, 6.07) is 28.5. The van der Waals surface area contributed by atoms with Crippen molar-refractivity contribution in [2.24, 2.45) is 20.0 Å². The van der Waals surface area contributed by atoms with Gasteiger partial charge in [0.25, 0.3) is 5.69 Å². The van der Waals surface area contributed by atoms with Crippen LogP contribution in [0, 0.1) is 10.1 Å². The molecule has 0 radical (unpaired) electrons. The van der Waals surface area contributed by atoms with Crippen molar-refractivity contribution in [2.45, 2.75) is 0 Å². The molecule has 4 N–H and O–H groups in total. The summed E-state index contributed by atoms with van der Waals surface area (Å²) in [5.74, 6) is 2.06. The van der Waals surface area contributed by atoms with Gasteiger partial charge in [0.2, 0.25) is 0 Å². The summed E-state index contributed by atoms with van der Waals surface area (Å²) < 4.78 is 0. The minimum Gasteiger partial charge on any atom is -0.324 e. The first-order valence-electron chi connectivity index (χ1n) is 13.6. The molecule has 11 heteroatoms. The SMILES string of the molecule is O=[N+]([O-])c1cccc2c3[nH]c(c12)N=c1[nH]c(c2ccccc12)=Nc1[nH]c(c2ccccc12)N=c1[nH]c(c2ccccc12)=N3. The number of aromatic nitrogens is 4. The van der Waals surface area contributed by atoms with E-state index in [9.17, 15) is 10.1 Å². The third-order valence-corrected chi connectivity index (χ3v) is 7.88. The molecule has 0 aliphatic carbocycles. The van der Waals surface area contributed by atoms with Crippen LogP contribution in [0.5, 0.6) is 0 Å². The average Bonchev–Trinajstić information content (AvgIpc) is 3.76. The molecular formula is C32H19N9O2. The predicted octanol–water partition coefficient (Wildman–Crippen LogP) is 5.64. The molecule has 11 nitrogen and oxygen atoms in total. The van der Waals surface area contributed by atoms with Crippen molar-refractivity contribution in [3.63, 3.8) is 0 Å². The molecule has 204 valence electrons. The summed E-state index contributed by atoms with van der Waals surface area (Å²) in [4.78, 5) is 45.1. The molecule has 9 rings (SSSR count). The maximum atomic E-state index is 12.2. The Hall–Kier alpha value is -6.36. The zero-order chi connectivity index (χ0) is 28.7. The van der Waals surface area contributed by atoms with E-state index in [1.54, 1.807) is 12.1 Å². The summed E-state index contributed by atoms with van der Waals surface area (Å²) in [6.07, 6.45) is 0. The van der Waals surface area contributed by atoms with Crippen LogP contribution in [0.3, 0.4) is 0 Å². The Labute approximate surface area is 239 Å². The van der Waals surface area contributed by atoms with E-state index in [0.29, 0.717) is 56.0 Å². The van der Waals surface area contributed by atoms with Crippen LogP contribution in [0.15, 0.2) is 111 Å². The third-order valence-electron chi connectivity index (χ3n) is 7.88. The molecule has 0 saturated heterocycles. The first-order chi connectivity index (χ1) is 21.1. The monoisotopic (exact) mass is 561 g/mol. The number of non-ortho nitro benzene ring substituents is 1. The van der Waals surface area contributed by atoms with E-state index in [4.69, 9.17) is 20.0 Å². The quantitative estimate of drug-likeness (QED) is 0.151. The topological polar surface area (TPSA) is 156 Å². The Morgan fingerprint density at radius 3 is 1.28 bits per heavy atom. The Kier molecular flexibility index (Phi) is 4.65. The lowest BCUT2D eigenvalue weighted by molar-refractivity contribution is -0.383. The minimum absolute atomic E-state index is 0.0651. The van der Waals surface area contributed by atoms with Gasteiger partial charge in [-0.25, -0.2) is 20.0 Å². The Balaban J connectivity index is 1.52. The molecule has 0 unspecified atom stereocenters. The zero-order valence-corrected chi connectivity index (χ0v) is 22.2. The highest BCUT2D eigenvalue weighted by molar-refractivity contribution is 6.05. The standard InChI is InChI=1S/C32H19N9O2/c42-41(43)23-15-7-14-22-24(23)32-39-30-21-13-6-5-12-20(21)28(37-30)35-26-17-9-2-1-8-16(17)25(33-26)34-27-18-10-3-4-11-19(18)29(36-27)38-31(22)40-32/h1-15H,(H4,33,34,35,36,37,38,39,40). The lowest BCUT2D eigenvalue weighted by atomic mass is 10.1. The maximum Gasteiger partial charge on any atom is 0.281 e. The van der Waals surface area contributed by atoms with Gasteiger partial charge in [-0.15, -0.1) is 0 Å². The molecule has 43 heavy (non-hydrogen) atoms. The highest BCUT2D eigenvalue weighted by Gasteiger charge is 2.21. The number of nitro groups is 1. The number of nitrogens with one attached hydrogen (secondary N) is 4. The van der Waals surface area contributed by atoms with Crippen molar-refractivity contribution in [3.05, 3.63) is 123 Å². The molecule has 1 aliphatic heterocycles. The summed E-state index contributed by atoms with van der Waals surface area (Å²) >= 11 is 0. The molecule has 0 saturated carbocycles. The number of H-pyrrole nitrogens is 4. The Bertz CT molecular complexity index is 2720. The van der Waals surface area contributed by atoms with Gasteiger partial charge in [-0.2, -0.15) is 0 Å². The van der Waals surface area contributed by atoms with Gasteiger partial charge < -0.3 is 19.9 Å². The number of benzene rings is 4. The van der Waals surface area contributed by atoms with Crippen LogP contribution < -0.4 is 22.0 Å². The molecule has 0 fully saturated rings. The van der Waals surface area contributed by atoms with E-state index in [0.717, 1.165) is 32.3 Å². The van der Waals surface area contributed by atoms with Crippen LogP contribution in [0.1, 0.15) is 0 Å². The minimum atomic E-state index is -0.399. The lowest BCUT2D eigenvalue weighted by Crippen LogP contribution is -2.10. The molecule has 8 bridgehead atoms. The van der Waals surface area contributed by atoms with Gasteiger partial charge in [0.1, 0.15) is 50.6 Å². The third kappa shape index (κ3) is 3.42.